The molecule has 2 heterocycles. The van der Waals surface area contributed by atoms with Crippen LogP contribution < -0.4 is 27.4 Å². The SMILES string of the molecule is CCC=CCC=CCC=CCC=CCC=CCC=CCCC(=O)NCCNCCNC(=O)OCC1OC(n2ccc(N)nc2=O)CS1. The molecule has 1 aromatic rings. The number of carbonyl (C=O) groups excluding carboxylic acids is 2. The van der Waals surface area contributed by atoms with Crippen molar-refractivity contribution >= 4 is 29.6 Å². The van der Waals surface area contributed by atoms with Crippen LogP contribution in [0.3, 0.4) is 0 Å². The number of allylic oxidation sites excluding steroid dienone is 12. The third kappa shape index (κ3) is 20.1. The van der Waals surface area contributed by atoms with Crippen molar-refractivity contribution in [3.05, 3.63) is 95.7 Å². The van der Waals surface area contributed by atoms with Gasteiger partial charge in [-0.2, -0.15) is 4.98 Å². The average Bonchev–Trinajstić information content (AvgIpc) is 3.53. The zero-order valence-corrected chi connectivity index (χ0v) is 28.4. The fraction of sp³-hybridized carbons (Fsp3) is 0.486. The first-order valence-corrected chi connectivity index (χ1v) is 17.4. The average molecular weight is 669 g/mol. The van der Waals surface area contributed by atoms with Crippen molar-refractivity contribution in [1.29, 1.82) is 0 Å². The monoisotopic (exact) mass is 668 g/mol. The number of carbonyl (C=O) groups is 2. The predicted octanol–water partition coefficient (Wildman–Crippen LogP) is 5.32. The van der Waals surface area contributed by atoms with Crippen molar-refractivity contribution < 1.29 is 19.1 Å². The van der Waals surface area contributed by atoms with Gasteiger partial charge in [-0.3, -0.25) is 9.36 Å². The second-order valence-electron chi connectivity index (χ2n) is 10.5. The molecule has 0 spiro atoms. The molecule has 0 saturated carbocycles. The summed E-state index contributed by atoms with van der Waals surface area (Å²) >= 11 is 1.45. The number of thioether (sulfide) groups is 1. The van der Waals surface area contributed by atoms with Crippen LogP contribution >= 0.6 is 11.8 Å². The quantitative estimate of drug-likeness (QED) is 0.0898. The lowest BCUT2D eigenvalue weighted by Crippen LogP contribution is -2.37. The molecule has 2 rings (SSSR count). The van der Waals surface area contributed by atoms with Gasteiger partial charge < -0.3 is 31.2 Å². The van der Waals surface area contributed by atoms with Gasteiger partial charge in [0.2, 0.25) is 5.91 Å². The first-order valence-electron chi connectivity index (χ1n) is 16.4. The number of nitrogens with zero attached hydrogens (tertiary/aromatic N) is 2. The molecule has 258 valence electrons. The molecule has 12 heteroatoms. The topological polar surface area (TPSA) is 150 Å². The van der Waals surface area contributed by atoms with E-state index in [-0.39, 0.29) is 23.8 Å². The number of anilines is 1. The number of rotatable bonds is 23. The van der Waals surface area contributed by atoms with Crippen molar-refractivity contribution in [2.24, 2.45) is 0 Å². The number of aromatic nitrogens is 2. The number of nitrogen functional groups attached to an aromatic ring is 1. The first kappa shape index (κ1) is 39.3. The van der Waals surface area contributed by atoms with E-state index in [1.54, 1.807) is 0 Å². The smallest absolute Gasteiger partial charge is 0.407 e. The van der Waals surface area contributed by atoms with Crippen LogP contribution in [0.2, 0.25) is 0 Å². The maximum absolute atomic E-state index is 12.0. The van der Waals surface area contributed by atoms with Crippen molar-refractivity contribution in [3.8, 4) is 0 Å². The van der Waals surface area contributed by atoms with Gasteiger partial charge in [0.05, 0.1) is 0 Å². The summed E-state index contributed by atoms with van der Waals surface area (Å²) in [6.45, 7) is 4.22. The normalized spacial score (nSPS) is 17.0. The Balaban J connectivity index is 1.37. The molecule has 1 aliphatic heterocycles. The van der Waals surface area contributed by atoms with Crippen molar-refractivity contribution in [2.45, 2.75) is 70.0 Å². The Morgan fingerprint density at radius 1 is 0.915 bits per heavy atom. The van der Waals surface area contributed by atoms with Crippen LogP contribution in [-0.4, -0.2) is 65.5 Å². The molecule has 47 heavy (non-hydrogen) atoms. The second-order valence-corrected chi connectivity index (χ2v) is 11.7. The minimum absolute atomic E-state index is 0.0137. The largest absolute Gasteiger partial charge is 0.446 e. The van der Waals surface area contributed by atoms with Gasteiger partial charge in [-0.05, 0) is 51.0 Å². The molecular formula is C35H52N6O5S. The highest BCUT2D eigenvalue weighted by atomic mass is 32.2. The lowest BCUT2D eigenvalue weighted by atomic mass is 10.2. The molecule has 0 radical (unpaired) electrons. The maximum Gasteiger partial charge on any atom is 0.407 e. The fourth-order valence-corrected chi connectivity index (χ4v) is 5.12. The zero-order valence-electron chi connectivity index (χ0n) is 27.6. The summed E-state index contributed by atoms with van der Waals surface area (Å²) in [5.74, 6) is 0.699. The Labute approximate surface area is 283 Å². The van der Waals surface area contributed by atoms with Crippen LogP contribution in [-0.2, 0) is 14.3 Å². The minimum Gasteiger partial charge on any atom is -0.446 e. The molecule has 2 unspecified atom stereocenters. The molecule has 0 bridgehead atoms. The molecule has 1 fully saturated rings. The highest BCUT2D eigenvalue weighted by Crippen LogP contribution is 2.31. The van der Waals surface area contributed by atoms with Crippen LogP contribution in [0.1, 0.15) is 64.5 Å². The fourth-order valence-electron chi connectivity index (χ4n) is 4.13. The molecule has 0 aromatic carbocycles. The Kier molecular flexibility index (Phi) is 21.9. The van der Waals surface area contributed by atoms with Crippen LogP contribution in [0.15, 0.2) is 90.0 Å². The molecule has 5 N–H and O–H groups in total. The third-order valence-corrected chi connectivity index (χ3v) is 7.67. The summed E-state index contributed by atoms with van der Waals surface area (Å²) in [5, 5.41) is 8.71. The van der Waals surface area contributed by atoms with Crippen molar-refractivity contribution in [2.75, 3.05) is 44.3 Å². The van der Waals surface area contributed by atoms with E-state index in [0.717, 1.165) is 38.5 Å². The van der Waals surface area contributed by atoms with Gasteiger partial charge in [-0.25, -0.2) is 9.59 Å². The van der Waals surface area contributed by atoms with Crippen LogP contribution in [0, 0.1) is 0 Å². The second kappa shape index (κ2) is 26.2. The standard InChI is InChI=1S/C35H52N6O5S/c1-2-3-4-5-6-7-8-9-10-11-12-13-14-15-16-17-18-19-20-21-31(42)38-25-23-37-24-26-39-35(44)45-28-33-46-32(29-47-33)41-27-22-30(36)40-34(41)43/h3-4,6-7,9-10,12-13,15-16,18-19,22,27,32-33,37H,2,5,8,11,14,17,20-21,23-26,28-29H2,1H3,(H,38,42)(H,39,44)(H2,36,40,43). The van der Waals surface area contributed by atoms with Crippen LogP contribution in [0.5, 0.6) is 0 Å². The Morgan fingerprint density at radius 3 is 2.09 bits per heavy atom. The summed E-state index contributed by atoms with van der Waals surface area (Å²) in [5.41, 5.74) is 4.66. The maximum atomic E-state index is 12.0. The molecule has 1 aromatic heterocycles. The van der Waals surface area contributed by atoms with Gasteiger partial charge in [-0.1, -0.05) is 79.8 Å². The minimum atomic E-state index is -0.548. The molecule has 1 aliphatic rings. The Hall–Kier alpha value is -3.87. The number of nitrogens with one attached hydrogen (secondary N) is 3. The van der Waals surface area contributed by atoms with Gasteiger partial charge in [0.15, 0.2) is 0 Å². The zero-order chi connectivity index (χ0) is 33.8. The Morgan fingerprint density at radius 2 is 1.49 bits per heavy atom. The van der Waals surface area contributed by atoms with Gasteiger partial charge in [-0.15, -0.1) is 11.8 Å². The number of amides is 2. The van der Waals surface area contributed by atoms with Crippen molar-refractivity contribution in [1.82, 2.24) is 25.5 Å². The summed E-state index contributed by atoms with van der Waals surface area (Å²) in [4.78, 5) is 39.6. The predicted molar refractivity (Wildman–Crippen MR) is 192 cm³/mol. The van der Waals surface area contributed by atoms with E-state index in [1.165, 1.54) is 28.6 Å². The molecule has 2 atom stereocenters. The first-order chi connectivity index (χ1) is 23.0. The van der Waals surface area contributed by atoms with E-state index in [0.29, 0.717) is 44.8 Å². The van der Waals surface area contributed by atoms with E-state index in [2.05, 4.69) is 94.7 Å². The molecule has 2 amide bonds. The van der Waals surface area contributed by atoms with E-state index in [9.17, 15) is 14.4 Å². The number of nitrogens with two attached hydrogens (primary N) is 1. The molecule has 0 aliphatic carbocycles. The number of alkyl carbamates (subject to hydrolysis) is 1. The number of hydrogen-bond donors (Lipinski definition) is 4. The van der Waals surface area contributed by atoms with Crippen LogP contribution in [0.4, 0.5) is 10.6 Å². The van der Waals surface area contributed by atoms with E-state index in [4.69, 9.17) is 15.2 Å². The van der Waals surface area contributed by atoms with Crippen LogP contribution in [0.25, 0.3) is 0 Å². The highest BCUT2D eigenvalue weighted by molar-refractivity contribution is 8.00. The third-order valence-electron chi connectivity index (χ3n) is 6.58. The van der Waals surface area contributed by atoms with Gasteiger partial charge >= 0.3 is 11.8 Å². The number of ether oxygens (including phenoxy) is 2. The summed E-state index contributed by atoms with van der Waals surface area (Å²) < 4.78 is 12.3. The Bertz CT molecular complexity index is 1270. The molecule has 11 nitrogen and oxygen atoms in total. The lowest BCUT2D eigenvalue weighted by molar-refractivity contribution is -0.120. The lowest BCUT2D eigenvalue weighted by Gasteiger charge is -2.15. The van der Waals surface area contributed by atoms with E-state index in [1.807, 2.05) is 6.08 Å². The molecular weight excluding hydrogens is 616 g/mol. The highest BCUT2D eigenvalue weighted by Gasteiger charge is 2.29. The summed E-state index contributed by atoms with van der Waals surface area (Å²) in [7, 11) is 0. The van der Waals surface area contributed by atoms with Gasteiger partial charge in [0.1, 0.15) is 24.1 Å². The van der Waals surface area contributed by atoms with Gasteiger partial charge in [0, 0.05) is 44.5 Å². The number of hydrogen-bond acceptors (Lipinski definition) is 9. The van der Waals surface area contributed by atoms with Crippen molar-refractivity contribution in [3.63, 3.8) is 0 Å². The van der Waals surface area contributed by atoms with E-state index < -0.39 is 18.0 Å². The van der Waals surface area contributed by atoms with Gasteiger partial charge in [0.25, 0.3) is 0 Å². The molecule has 1 saturated heterocycles. The summed E-state index contributed by atoms with van der Waals surface area (Å²) in [6.07, 6.45) is 33.4. The van der Waals surface area contributed by atoms with E-state index >= 15 is 0 Å². The summed E-state index contributed by atoms with van der Waals surface area (Å²) in [6, 6.07) is 1.53.